The summed E-state index contributed by atoms with van der Waals surface area (Å²) in [7, 11) is 0. The number of nitrogens with two attached hydrogens (primary N) is 2. The van der Waals surface area contributed by atoms with Crippen molar-refractivity contribution in [1.82, 2.24) is 4.98 Å². The lowest BCUT2D eigenvalue weighted by molar-refractivity contribution is -0.125. The minimum atomic E-state index is -0.913. The van der Waals surface area contributed by atoms with Crippen LogP contribution in [0.5, 0.6) is 5.75 Å². The Morgan fingerprint density at radius 3 is 3.12 bits per heavy atom. The van der Waals surface area contributed by atoms with Gasteiger partial charge in [-0.2, -0.15) is 0 Å². The average molecular weight is 236 g/mol. The molecule has 0 fully saturated rings. The fourth-order valence-electron chi connectivity index (χ4n) is 1.50. The molecule has 1 aromatic rings. The van der Waals surface area contributed by atoms with E-state index in [1.54, 1.807) is 6.07 Å². The minimum Gasteiger partial charge on any atom is -0.477 e. The molecule has 1 aromatic heterocycles. The Hall–Kier alpha value is -2.15. The Balaban J connectivity index is 2.12. The third kappa shape index (κ3) is 2.34. The summed E-state index contributed by atoms with van der Waals surface area (Å²) in [6, 6.07) is 0.709. The van der Waals surface area contributed by atoms with Crippen molar-refractivity contribution in [1.29, 1.82) is 0 Å². The molecule has 1 aliphatic heterocycles. The Bertz CT molecular complexity index is 463. The molecule has 0 saturated heterocycles. The molecule has 0 saturated carbocycles. The van der Waals surface area contributed by atoms with Crippen molar-refractivity contribution < 1.29 is 14.3 Å². The van der Waals surface area contributed by atoms with E-state index >= 15 is 0 Å². The second-order valence-corrected chi connectivity index (χ2v) is 3.71. The van der Waals surface area contributed by atoms with Gasteiger partial charge in [0.1, 0.15) is 0 Å². The summed E-state index contributed by atoms with van der Waals surface area (Å²) < 4.78 is 5.40. The molecule has 1 unspecified atom stereocenters. The zero-order valence-corrected chi connectivity index (χ0v) is 8.92. The van der Waals surface area contributed by atoms with Crippen molar-refractivity contribution >= 4 is 17.5 Å². The van der Waals surface area contributed by atoms with E-state index in [-0.39, 0.29) is 12.3 Å². The van der Waals surface area contributed by atoms with E-state index in [2.05, 4.69) is 10.3 Å². The Labute approximate surface area is 97.1 Å². The number of carbonyl (C=O) groups is 2. The summed E-state index contributed by atoms with van der Waals surface area (Å²) in [5, 5.41) is 2.64. The number of hydrogen-bond acceptors (Lipinski definition) is 5. The van der Waals surface area contributed by atoms with E-state index in [9.17, 15) is 9.59 Å². The lowest BCUT2D eigenvalue weighted by Crippen LogP contribution is -2.45. The quantitative estimate of drug-likeness (QED) is 0.620. The number of aromatic nitrogens is 1. The number of fused-ring (bicyclic) bond motifs is 1. The fraction of sp³-hybridized carbons (Fsp3) is 0.300. The van der Waals surface area contributed by atoms with Crippen LogP contribution in [0.4, 0.5) is 5.69 Å². The lowest BCUT2D eigenvalue weighted by atomic mass is 10.1. The van der Waals surface area contributed by atoms with E-state index in [0.717, 1.165) is 0 Å². The third-order valence-corrected chi connectivity index (χ3v) is 2.44. The summed E-state index contributed by atoms with van der Waals surface area (Å²) in [5.74, 6) is -0.562. The topological polar surface area (TPSA) is 120 Å². The molecule has 0 aliphatic carbocycles. The molecule has 1 aliphatic rings. The molecule has 17 heavy (non-hydrogen) atoms. The van der Waals surface area contributed by atoms with Gasteiger partial charge in [0.15, 0.2) is 11.9 Å². The van der Waals surface area contributed by atoms with Crippen molar-refractivity contribution in [2.45, 2.75) is 18.6 Å². The van der Waals surface area contributed by atoms with Gasteiger partial charge in [-0.25, -0.2) is 0 Å². The highest BCUT2D eigenvalue weighted by Crippen LogP contribution is 2.28. The number of pyridine rings is 1. The maximum Gasteiger partial charge on any atom is 0.265 e. The van der Waals surface area contributed by atoms with Gasteiger partial charge >= 0.3 is 0 Å². The first-order valence-corrected chi connectivity index (χ1v) is 5.04. The summed E-state index contributed by atoms with van der Waals surface area (Å²) in [6.45, 7) is 0. The molecular weight excluding hydrogens is 224 g/mol. The molecular formula is C10H12N4O3. The Morgan fingerprint density at radius 1 is 1.65 bits per heavy atom. The molecule has 2 amide bonds. The van der Waals surface area contributed by atoms with Crippen LogP contribution < -0.4 is 21.5 Å². The monoisotopic (exact) mass is 236 g/mol. The molecule has 2 rings (SSSR count). The van der Waals surface area contributed by atoms with Crippen molar-refractivity contribution in [3.05, 3.63) is 18.5 Å². The van der Waals surface area contributed by atoms with Gasteiger partial charge < -0.3 is 21.5 Å². The number of anilines is 1. The smallest absolute Gasteiger partial charge is 0.265 e. The van der Waals surface area contributed by atoms with Gasteiger partial charge in [-0.05, 0) is 6.07 Å². The number of carbonyl (C=O) groups excluding carboxylic acids is 2. The number of primary amides is 1. The number of rotatable bonds is 3. The largest absolute Gasteiger partial charge is 0.477 e. The predicted octanol–water partition coefficient (Wildman–Crippen LogP) is -1.02. The standard InChI is InChI=1S/C10H12N4O3/c11-5(9(12)15)3-7-10(16)14-6-1-2-13-4-8(6)17-7/h1-2,4-5,7H,3,11H2,(H2,12,15)(H,14,16)/t5?,7-/m0/s1. The van der Waals surface area contributed by atoms with Gasteiger partial charge in [-0.15, -0.1) is 0 Å². The number of nitrogens with one attached hydrogen (secondary N) is 1. The molecule has 2 heterocycles. The van der Waals surface area contributed by atoms with Gasteiger partial charge in [0.05, 0.1) is 17.9 Å². The predicted molar refractivity (Wildman–Crippen MR) is 59.1 cm³/mol. The molecule has 2 atom stereocenters. The molecule has 0 radical (unpaired) electrons. The zero-order valence-electron chi connectivity index (χ0n) is 8.92. The lowest BCUT2D eigenvalue weighted by Gasteiger charge is -2.26. The van der Waals surface area contributed by atoms with E-state index in [1.165, 1.54) is 12.4 Å². The van der Waals surface area contributed by atoms with Crippen LogP contribution in [-0.4, -0.2) is 28.9 Å². The van der Waals surface area contributed by atoms with Crippen molar-refractivity contribution in [3.63, 3.8) is 0 Å². The van der Waals surface area contributed by atoms with Crippen LogP contribution >= 0.6 is 0 Å². The van der Waals surface area contributed by atoms with Gasteiger partial charge in [-0.3, -0.25) is 14.6 Å². The van der Waals surface area contributed by atoms with E-state index in [4.69, 9.17) is 16.2 Å². The second kappa shape index (κ2) is 4.38. The average Bonchev–Trinajstić information content (AvgIpc) is 2.29. The van der Waals surface area contributed by atoms with Crippen LogP contribution in [0.3, 0.4) is 0 Å². The fourth-order valence-corrected chi connectivity index (χ4v) is 1.50. The minimum absolute atomic E-state index is 0.0372. The summed E-state index contributed by atoms with van der Waals surface area (Å²) in [5.41, 5.74) is 11.1. The molecule has 5 N–H and O–H groups in total. The Morgan fingerprint density at radius 2 is 2.41 bits per heavy atom. The number of amides is 2. The summed E-state index contributed by atoms with van der Waals surface area (Å²) in [4.78, 5) is 26.3. The van der Waals surface area contributed by atoms with Crippen molar-refractivity contribution in [3.8, 4) is 5.75 Å². The highest BCUT2D eigenvalue weighted by atomic mass is 16.5. The highest BCUT2D eigenvalue weighted by molar-refractivity contribution is 5.98. The normalized spacial score (nSPS) is 19.8. The van der Waals surface area contributed by atoms with Crippen molar-refractivity contribution in [2.24, 2.45) is 11.5 Å². The summed E-state index contributed by atoms with van der Waals surface area (Å²) >= 11 is 0. The number of hydrogen-bond donors (Lipinski definition) is 3. The number of nitrogens with zero attached hydrogens (tertiary/aromatic N) is 1. The first-order valence-electron chi connectivity index (χ1n) is 5.04. The van der Waals surface area contributed by atoms with Crippen molar-refractivity contribution in [2.75, 3.05) is 5.32 Å². The van der Waals surface area contributed by atoms with Crippen LogP contribution in [0.2, 0.25) is 0 Å². The van der Waals surface area contributed by atoms with E-state index in [0.29, 0.717) is 11.4 Å². The van der Waals surface area contributed by atoms with Crippen LogP contribution in [-0.2, 0) is 9.59 Å². The summed E-state index contributed by atoms with van der Waals surface area (Å²) in [6.07, 6.45) is 2.24. The highest BCUT2D eigenvalue weighted by Gasteiger charge is 2.30. The molecule has 7 nitrogen and oxygen atoms in total. The van der Waals surface area contributed by atoms with Gasteiger partial charge in [0.25, 0.3) is 5.91 Å². The van der Waals surface area contributed by atoms with Crippen LogP contribution in [0.1, 0.15) is 6.42 Å². The second-order valence-electron chi connectivity index (χ2n) is 3.71. The Kier molecular flexibility index (Phi) is 2.92. The molecule has 0 aromatic carbocycles. The SMILES string of the molecule is NC(=O)C(N)C[C@@H]1Oc2cnccc2NC1=O. The number of ether oxygens (including phenoxy) is 1. The van der Waals surface area contributed by atoms with Crippen LogP contribution in [0.15, 0.2) is 18.5 Å². The molecule has 7 heteroatoms. The van der Waals surface area contributed by atoms with E-state index < -0.39 is 18.1 Å². The van der Waals surface area contributed by atoms with Gasteiger partial charge in [0, 0.05) is 12.6 Å². The molecule has 90 valence electrons. The van der Waals surface area contributed by atoms with Gasteiger partial charge in [0.2, 0.25) is 5.91 Å². The molecule has 0 bridgehead atoms. The first-order chi connectivity index (χ1) is 8.08. The third-order valence-electron chi connectivity index (χ3n) is 2.44. The maximum atomic E-state index is 11.7. The maximum absolute atomic E-state index is 11.7. The van der Waals surface area contributed by atoms with E-state index in [1.807, 2.05) is 0 Å². The molecule has 0 spiro atoms. The van der Waals surface area contributed by atoms with Crippen LogP contribution in [0, 0.1) is 0 Å². The van der Waals surface area contributed by atoms with Gasteiger partial charge in [-0.1, -0.05) is 0 Å². The first kappa shape index (κ1) is 11.3. The van der Waals surface area contributed by atoms with Crippen LogP contribution in [0.25, 0.3) is 0 Å². The zero-order chi connectivity index (χ0) is 12.4.